The topological polar surface area (TPSA) is 29.5 Å². The molecule has 1 saturated heterocycles. The van der Waals surface area contributed by atoms with Gasteiger partial charge in [-0.25, -0.2) is 0 Å². The molecule has 3 nitrogen and oxygen atoms in total. The summed E-state index contributed by atoms with van der Waals surface area (Å²) >= 11 is 0. The Labute approximate surface area is 112 Å². The zero-order valence-electron chi connectivity index (χ0n) is 12.8. The fraction of sp³-hybridized carbons (Fsp3) is 0.933. The normalized spacial score (nSPS) is 23.4. The van der Waals surface area contributed by atoms with Crippen LogP contribution in [0.5, 0.6) is 0 Å². The molecule has 0 spiro atoms. The number of carbonyl (C=O) groups is 1. The van der Waals surface area contributed by atoms with Gasteiger partial charge in [-0.15, -0.1) is 0 Å². The van der Waals surface area contributed by atoms with E-state index in [1.807, 2.05) is 20.8 Å². The predicted molar refractivity (Wildman–Crippen MR) is 74.5 cm³/mol. The number of ether oxygens (including phenoxy) is 1. The van der Waals surface area contributed by atoms with Gasteiger partial charge < -0.3 is 4.74 Å². The average Bonchev–Trinajstić information content (AvgIpc) is 2.64. The summed E-state index contributed by atoms with van der Waals surface area (Å²) in [6.07, 6.45) is 3.46. The molecule has 18 heavy (non-hydrogen) atoms. The lowest BCUT2D eigenvalue weighted by Crippen LogP contribution is -2.45. The van der Waals surface area contributed by atoms with Gasteiger partial charge in [0, 0.05) is 11.6 Å². The maximum absolute atomic E-state index is 11.6. The van der Waals surface area contributed by atoms with Gasteiger partial charge in [0.15, 0.2) is 0 Å². The highest BCUT2D eigenvalue weighted by atomic mass is 16.5. The standard InChI is InChI=1S/C15H29NO2/c1-11(2)14(17)18-12(3)10-13-8-7-9-16(13)15(4,5)6/h11-13H,7-10H2,1-6H3. The minimum Gasteiger partial charge on any atom is -0.462 e. The van der Waals surface area contributed by atoms with Gasteiger partial charge in [-0.05, 0) is 53.5 Å². The molecule has 0 saturated carbocycles. The van der Waals surface area contributed by atoms with Crippen molar-refractivity contribution in [1.82, 2.24) is 4.90 Å². The van der Waals surface area contributed by atoms with E-state index in [1.54, 1.807) is 0 Å². The minimum atomic E-state index is -0.0807. The third-order valence-corrected chi connectivity index (χ3v) is 3.63. The van der Waals surface area contributed by atoms with Crippen LogP contribution >= 0.6 is 0 Å². The Morgan fingerprint density at radius 3 is 2.44 bits per heavy atom. The number of likely N-dealkylation sites (tertiary alicyclic amines) is 1. The van der Waals surface area contributed by atoms with Crippen molar-refractivity contribution in [1.29, 1.82) is 0 Å². The van der Waals surface area contributed by atoms with Gasteiger partial charge in [0.2, 0.25) is 0 Å². The first kappa shape index (κ1) is 15.5. The lowest BCUT2D eigenvalue weighted by atomic mass is 10.0. The Morgan fingerprint density at radius 1 is 1.33 bits per heavy atom. The fourth-order valence-corrected chi connectivity index (χ4v) is 2.73. The largest absolute Gasteiger partial charge is 0.462 e. The molecule has 106 valence electrons. The van der Waals surface area contributed by atoms with Crippen LogP contribution in [-0.2, 0) is 9.53 Å². The first-order valence-electron chi connectivity index (χ1n) is 7.19. The second-order valence-electron chi connectivity index (χ2n) is 6.80. The molecular weight excluding hydrogens is 226 g/mol. The van der Waals surface area contributed by atoms with Crippen LogP contribution in [0.2, 0.25) is 0 Å². The highest BCUT2D eigenvalue weighted by molar-refractivity contribution is 5.71. The molecular formula is C15H29NO2. The molecule has 1 aliphatic rings. The van der Waals surface area contributed by atoms with E-state index < -0.39 is 0 Å². The van der Waals surface area contributed by atoms with Gasteiger partial charge in [0.25, 0.3) is 0 Å². The first-order chi connectivity index (χ1) is 8.21. The number of esters is 1. The van der Waals surface area contributed by atoms with Crippen LogP contribution in [0.25, 0.3) is 0 Å². The monoisotopic (exact) mass is 255 g/mol. The molecule has 0 amide bonds. The Hall–Kier alpha value is -0.570. The lowest BCUT2D eigenvalue weighted by Gasteiger charge is -2.37. The number of rotatable bonds is 4. The summed E-state index contributed by atoms with van der Waals surface area (Å²) in [5.41, 5.74) is 0.211. The molecule has 1 rings (SSSR count). The van der Waals surface area contributed by atoms with Crippen molar-refractivity contribution in [3.63, 3.8) is 0 Å². The van der Waals surface area contributed by atoms with Crippen molar-refractivity contribution in [3.8, 4) is 0 Å². The van der Waals surface area contributed by atoms with E-state index in [1.165, 1.54) is 19.4 Å². The van der Waals surface area contributed by atoms with E-state index in [0.29, 0.717) is 6.04 Å². The van der Waals surface area contributed by atoms with Crippen molar-refractivity contribution >= 4 is 5.97 Å². The summed E-state index contributed by atoms with van der Waals surface area (Å²) in [6.45, 7) is 13.7. The first-order valence-corrected chi connectivity index (χ1v) is 7.19. The Kier molecular flexibility index (Phi) is 5.20. The number of nitrogens with zero attached hydrogens (tertiary/aromatic N) is 1. The zero-order chi connectivity index (χ0) is 13.9. The lowest BCUT2D eigenvalue weighted by molar-refractivity contribution is -0.152. The van der Waals surface area contributed by atoms with Crippen LogP contribution in [-0.4, -0.2) is 35.1 Å². The van der Waals surface area contributed by atoms with Crippen molar-refractivity contribution in [2.75, 3.05) is 6.54 Å². The summed E-state index contributed by atoms with van der Waals surface area (Å²) in [6, 6.07) is 0.556. The van der Waals surface area contributed by atoms with E-state index in [9.17, 15) is 4.79 Å². The van der Waals surface area contributed by atoms with Crippen LogP contribution in [0.15, 0.2) is 0 Å². The third-order valence-electron chi connectivity index (χ3n) is 3.63. The third kappa shape index (κ3) is 4.27. The number of hydrogen-bond acceptors (Lipinski definition) is 3. The van der Waals surface area contributed by atoms with Gasteiger partial charge in [-0.2, -0.15) is 0 Å². The second-order valence-corrected chi connectivity index (χ2v) is 6.80. The smallest absolute Gasteiger partial charge is 0.308 e. The van der Waals surface area contributed by atoms with E-state index >= 15 is 0 Å². The summed E-state index contributed by atoms with van der Waals surface area (Å²) < 4.78 is 5.47. The number of carbonyl (C=O) groups excluding carboxylic acids is 1. The SMILES string of the molecule is CC(CC1CCCN1C(C)(C)C)OC(=O)C(C)C. The second kappa shape index (κ2) is 6.05. The molecule has 0 aromatic rings. The van der Waals surface area contributed by atoms with Crippen molar-refractivity contribution in [2.45, 2.75) is 78.5 Å². The molecule has 2 atom stereocenters. The fourth-order valence-electron chi connectivity index (χ4n) is 2.73. The summed E-state index contributed by atoms with van der Waals surface area (Å²) in [5, 5.41) is 0. The molecule has 0 radical (unpaired) electrons. The molecule has 0 N–H and O–H groups in total. The van der Waals surface area contributed by atoms with Crippen molar-refractivity contribution in [2.24, 2.45) is 5.92 Å². The zero-order valence-corrected chi connectivity index (χ0v) is 12.8. The number of hydrogen-bond donors (Lipinski definition) is 0. The Morgan fingerprint density at radius 2 is 1.94 bits per heavy atom. The molecule has 0 bridgehead atoms. The van der Waals surface area contributed by atoms with Gasteiger partial charge >= 0.3 is 5.97 Å². The maximum atomic E-state index is 11.6. The average molecular weight is 255 g/mol. The molecule has 2 unspecified atom stereocenters. The van der Waals surface area contributed by atoms with Crippen LogP contribution < -0.4 is 0 Å². The van der Waals surface area contributed by atoms with Crippen LogP contribution in [0.3, 0.4) is 0 Å². The molecule has 3 heteroatoms. The van der Waals surface area contributed by atoms with Crippen LogP contribution in [0.1, 0.15) is 60.8 Å². The maximum Gasteiger partial charge on any atom is 0.308 e. The van der Waals surface area contributed by atoms with Gasteiger partial charge in [0.1, 0.15) is 6.10 Å². The summed E-state index contributed by atoms with van der Waals surface area (Å²) in [7, 11) is 0. The van der Waals surface area contributed by atoms with Gasteiger partial charge in [-0.1, -0.05) is 13.8 Å². The minimum absolute atomic E-state index is 0.0212. The highest BCUT2D eigenvalue weighted by Gasteiger charge is 2.34. The van der Waals surface area contributed by atoms with E-state index in [2.05, 4.69) is 25.7 Å². The molecule has 1 aliphatic heterocycles. The predicted octanol–water partition coefficient (Wildman–Crippen LogP) is 3.23. The molecule has 1 fully saturated rings. The van der Waals surface area contributed by atoms with Crippen LogP contribution in [0, 0.1) is 5.92 Å². The highest BCUT2D eigenvalue weighted by Crippen LogP contribution is 2.29. The molecule has 0 aromatic heterocycles. The molecule has 0 aliphatic carbocycles. The Bertz CT molecular complexity index is 281. The molecule has 0 aromatic carbocycles. The van der Waals surface area contributed by atoms with Crippen molar-refractivity contribution < 1.29 is 9.53 Å². The molecule has 1 heterocycles. The quantitative estimate of drug-likeness (QED) is 0.722. The van der Waals surface area contributed by atoms with Crippen LogP contribution in [0.4, 0.5) is 0 Å². The van der Waals surface area contributed by atoms with Crippen molar-refractivity contribution in [3.05, 3.63) is 0 Å². The Balaban J connectivity index is 2.49. The van der Waals surface area contributed by atoms with Gasteiger partial charge in [-0.3, -0.25) is 9.69 Å². The van der Waals surface area contributed by atoms with Gasteiger partial charge in [0.05, 0.1) is 5.92 Å². The van der Waals surface area contributed by atoms with E-state index in [4.69, 9.17) is 4.74 Å². The summed E-state index contributed by atoms with van der Waals surface area (Å²) in [4.78, 5) is 14.1. The van der Waals surface area contributed by atoms with E-state index in [-0.39, 0.29) is 23.5 Å². The van der Waals surface area contributed by atoms with E-state index in [0.717, 1.165) is 6.42 Å². The summed E-state index contributed by atoms with van der Waals surface area (Å²) in [5.74, 6) is -0.113.